The quantitative estimate of drug-likeness (QED) is 0.480. The Morgan fingerprint density at radius 2 is 1.71 bits per heavy atom. The minimum absolute atomic E-state index is 0.0386. The minimum Gasteiger partial charge on any atom is -0.497 e. The van der Waals surface area contributed by atoms with Crippen molar-refractivity contribution in [1.29, 1.82) is 0 Å². The van der Waals surface area contributed by atoms with Crippen molar-refractivity contribution < 1.29 is 23.1 Å². The molecular weight excluding hydrogens is 482 g/mol. The third-order valence-corrected chi connectivity index (χ3v) is 7.38. The van der Waals surface area contributed by atoms with Gasteiger partial charge in [0.05, 0.1) is 29.8 Å². The van der Waals surface area contributed by atoms with Gasteiger partial charge in [0.2, 0.25) is 0 Å². The fourth-order valence-corrected chi connectivity index (χ4v) is 5.33. The van der Waals surface area contributed by atoms with Crippen molar-refractivity contribution in [2.24, 2.45) is 0 Å². The highest BCUT2D eigenvalue weighted by atomic mass is 79.9. The van der Waals surface area contributed by atoms with Crippen LogP contribution in [0.1, 0.15) is 27.0 Å². The number of aryl methyl sites for hydroxylation is 2. The molecule has 3 aromatic carbocycles. The van der Waals surface area contributed by atoms with E-state index in [4.69, 9.17) is 4.74 Å². The van der Waals surface area contributed by atoms with E-state index >= 15 is 0 Å². The molecule has 0 saturated heterocycles. The molecule has 0 bridgehead atoms. The van der Waals surface area contributed by atoms with Gasteiger partial charge in [0, 0.05) is 4.47 Å². The molecule has 162 valence electrons. The molecule has 0 aliphatic carbocycles. The molecular formula is C23H22BrNO5S. The van der Waals surface area contributed by atoms with Gasteiger partial charge in [-0.05, 0) is 66.9 Å². The molecule has 0 aliphatic rings. The van der Waals surface area contributed by atoms with E-state index in [-0.39, 0.29) is 22.7 Å². The number of carbonyl (C=O) groups is 1. The Kier molecular flexibility index (Phi) is 6.71. The number of hydrogen-bond donors (Lipinski definition) is 1. The first kappa shape index (κ1) is 22.8. The average Bonchev–Trinajstić information content (AvgIpc) is 2.73. The van der Waals surface area contributed by atoms with Gasteiger partial charge in [-0.3, -0.25) is 4.31 Å². The molecule has 3 aromatic rings. The van der Waals surface area contributed by atoms with E-state index in [0.29, 0.717) is 16.9 Å². The number of ether oxygens (including phenoxy) is 1. The van der Waals surface area contributed by atoms with Crippen LogP contribution in [0.25, 0.3) is 0 Å². The molecule has 0 unspecified atom stereocenters. The van der Waals surface area contributed by atoms with Crippen molar-refractivity contribution >= 4 is 37.6 Å². The Balaban J connectivity index is 2.25. The van der Waals surface area contributed by atoms with E-state index in [2.05, 4.69) is 15.9 Å². The van der Waals surface area contributed by atoms with Crippen molar-refractivity contribution in [1.82, 2.24) is 0 Å². The van der Waals surface area contributed by atoms with Crippen LogP contribution >= 0.6 is 15.9 Å². The lowest BCUT2D eigenvalue weighted by molar-refractivity contribution is 0.0697. The highest BCUT2D eigenvalue weighted by Gasteiger charge is 2.30. The third kappa shape index (κ3) is 4.75. The molecule has 0 saturated carbocycles. The normalized spacial score (nSPS) is 11.2. The zero-order valence-electron chi connectivity index (χ0n) is 17.3. The largest absolute Gasteiger partial charge is 0.497 e. The van der Waals surface area contributed by atoms with E-state index in [1.165, 1.54) is 25.3 Å². The number of carboxylic acid groups (broad SMARTS) is 1. The van der Waals surface area contributed by atoms with Crippen LogP contribution in [-0.4, -0.2) is 26.6 Å². The number of halogens is 1. The van der Waals surface area contributed by atoms with Gasteiger partial charge in [0.15, 0.2) is 0 Å². The molecule has 8 heteroatoms. The van der Waals surface area contributed by atoms with Gasteiger partial charge in [-0.1, -0.05) is 40.2 Å². The van der Waals surface area contributed by atoms with Crippen LogP contribution in [-0.2, 0) is 16.6 Å². The monoisotopic (exact) mass is 503 g/mol. The SMILES string of the molecule is COc1ccc(S(=O)(=O)N(Cc2ccccc2Br)c2c(C)cc(C)cc2C(=O)O)cc1. The second-order valence-corrected chi connectivity index (χ2v) is 9.78. The molecule has 0 heterocycles. The number of benzene rings is 3. The second kappa shape index (κ2) is 9.11. The number of hydrogen-bond acceptors (Lipinski definition) is 4. The summed E-state index contributed by atoms with van der Waals surface area (Å²) in [5, 5.41) is 9.84. The molecule has 0 aromatic heterocycles. The van der Waals surface area contributed by atoms with Gasteiger partial charge in [0.25, 0.3) is 10.0 Å². The maximum atomic E-state index is 13.7. The van der Waals surface area contributed by atoms with E-state index in [1.54, 1.807) is 44.2 Å². The lowest BCUT2D eigenvalue weighted by Gasteiger charge is -2.28. The summed E-state index contributed by atoms with van der Waals surface area (Å²) in [6.45, 7) is 3.45. The highest BCUT2D eigenvalue weighted by Crippen LogP contribution is 2.34. The summed E-state index contributed by atoms with van der Waals surface area (Å²) in [5.41, 5.74) is 2.07. The standard InChI is InChI=1S/C23H22BrNO5S/c1-15-12-16(2)22(20(13-15)23(26)27)25(14-17-6-4-5-7-21(17)24)31(28,29)19-10-8-18(30-3)9-11-19/h4-13H,14H2,1-3H3,(H,26,27). The van der Waals surface area contributed by atoms with Gasteiger partial charge >= 0.3 is 5.97 Å². The predicted molar refractivity (Wildman–Crippen MR) is 123 cm³/mol. The Bertz CT molecular complexity index is 1220. The minimum atomic E-state index is -4.09. The number of sulfonamides is 1. The maximum Gasteiger partial charge on any atom is 0.337 e. The number of carboxylic acids is 1. The summed E-state index contributed by atoms with van der Waals surface area (Å²) in [6.07, 6.45) is 0. The molecule has 6 nitrogen and oxygen atoms in total. The van der Waals surface area contributed by atoms with E-state index in [1.807, 2.05) is 12.1 Å². The van der Waals surface area contributed by atoms with E-state index < -0.39 is 16.0 Å². The Hall–Kier alpha value is -2.84. The Labute approximate surface area is 190 Å². The highest BCUT2D eigenvalue weighted by molar-refractivity contribution is 9.10. The van der Waals surface area contributed by atoms with Crippen molar-refractivity contribution in [2.75, 3.05) is 11.4 Å². The molecule has 0 amide bonds. The average molecular weight is 504 g/mol. The van der Waals surface area contributed by atoms with Crippen molar-refractivity contribution in [3.05, 3.63) is 87.4 Å². The lowest BCUT2D eigenvalue weighted by atomic mass is 10.0. The predicted octanol–water partition coefficient (Wildman–Crippen LogP) is 5.17. The Morgan fingerprint density at radius 3 is 2.29 bits per heavy atom. The van der Waals surface area contributed by atoms with Crippen molar-refractivity contribution in [3.63, 3.8) is 0 Å². The first-order chi connectivity index (χ1) is 14.6. The van der Waals surface area contributed by atoms with Crippen LogP contribution in [0, 0.1) is 13.8 Å². The first-order valence-electron chi connectivity index (χ1n) is 9.40. The molecule has 31 heavy (non-hydrogen) atoms. The summed E-state index contributed by atoms with van der Waals surface area (Å²) in [6, 6.07) is 16.5. The van der Waals surface area contributed by atoms with E-state index in [9.17, 15) is 18.3 Å². The molecule has 3 rings (SSSR count). The number of nitrogens with zero attached hydrogens (tertiary/aromatic N) is 1. The van der Waals surface area contributed by atoms with Gasteiger partial charge in [0.1, 0.15) is 5.75 Å². The number of rotatable bonds is 7. The zero-order chi connectivity index (χ0) is 22.8. The smallest absolute Gasteiger partial charge is 0.337 e. The first-order valence-corrected chi connectivity index (χ1v) is 11.6. The summed E-state index contributed by atoms with van der Waals surface area (Å²) in [7, 11) is -2.59. The van der Waals surface area contributed by atoms with Gasteiger partial charge < -0.3 is 9.84 Å². The summed E-state index contributed by atoms with van der Waals surface area (Å²) in [5.74, 6) is -0.669. The second-order valence-electron chi connectivity index (χ2n) is 7.06. The van der Waals surface area contributed by atoms with Crippen LogP contribution in [0.15, 0.2) is 70.0 Å². The third-order valence-electron chi connectivity index (χ3n) is 4.84. The Morgan fingerprint density at radius 1 is 1.06 bits per heavy atom. The fraction of sp³-hybridized carbons (Fsp3) is 0.174. The van der Waals surface area contributed by atoms with Crippen LogP contribution < -0.4 is 9.04 Å². The zero-order valence-corrected chi connectivity index (χ0v) is 19.7. The van der Waals surface area contributed by atoms with Crippen LogP contribution in [0.5, 0.6) is 5.75 Å². The van der Waals surface area contributed by atoms with Crippen molar-refractivity contribution in [2.45, 2.75) is 25.3 Å². The number of methoxy groups -OCH3 is 1. The van der Waals surface area contributed by atoms with Crippen LogP contribution in [0.2, 0.25) is 0 Å². The van der Waals surface area contributed by atoms with Gasteiger partial charge in [-0.15, -0.1) is 0 Å². The lowest BCUT2D eigenvalue weighted by Crippen LogP contribution is -2.33. The molecule has 0 spiro atoms. The summed E-state index contributed by atoms with van der Waals surface area (Å²) in [4.78, 5) is 12.1. The fourth-order valence-electron chi connectivity index (χ4n) is 3.39. The summed E-state index contributed by atoms with van der Waals surface area (Å²) < 4.78 is 34.5. The van der Waals surface area contributed by atoms with E-state index in [0.717, 1.165) is 14.3 Å². The number of aromatic carboxylic acids is 1. The molecule has 1 N–H and O–H groups in total. The summed E-state index contributed by atoms with van der Waals surface area (Å²) >= 11 is 3.46. The molecule has 0 fully saturated rings. The maximum absolute atomic E-state index is 13.7. The van der Waals surface area contributed by atoms with Gasteiger partial charge in [-0.25, -0.2) is 13.2 Å². The molecule has 0 radical (unpaired) electrons. The van der Waals surface area contributed by atoms with Crippen molar-refractivity contribution in [3.8, 4) is 5.75 Å². The van der Waals surface area contributed by atoms with Crippen LogP contribution in [0.3, 0.4) is 0 Å². The van der Waals surface area contributed by atoms with Gasteiger partial charge in [-0.2, -0.15) is 0 Å². The van der Waals surface area contributed by atoms with Crippen LogP contribution in [0.4, 0.5) is 5.69 Å². The number of anilines is 1. The topological polar surface area (TPSA) is 83.9 Å². The molecule has 0 atom stereocenters. The molecule has 0 aliphatic heterocycles.